The summed E-state index contributed by atoms with van der Waals surface area (Å²) in [5.41, 5.74) is 0.999. The minimum absolute atomic E-state index is 0.478. The molecule has 6 nitrogen and oxygen atoms in total. The number of guanidine groups is 1. The highest BCUT2D eigenvalue weighted by atomic mass is 32.1. The van der Waals surface area contributed by atoms with Crippen molar-refractivity contribution >= 4 is 27.5 Å². The molecular formula is C20H26N4O2S. The largest absolute Gasteiger partial charge is 0.457 e. The van der Waals surface area contributed by atoms with Crippen LogP contribution in [0, 0.1) is 0 Å². The number of hydrogen-bond acceptors (Lipinski definition) is 5. The molecule has 144 valence electrons. The minimum Gasteiger partial charge on any atom is -0.457 e. The van der Waals surface area contributed by atoms with Gasteiger partial charge < -0.3 is 19.8 Å². The maximum Gasteiger partial charge on any atom is 0.191 e. The van der Waals surface area contributed by atoms with E-state index in [0.717, 1.165) is 65.4 Å². The van der Waals surface area contributed by atoms with E-state index < -0.39 is 0 Å². The molecule has 0 saturated carbocycles. The molecule has 3 aromatic rings. The Morgan fingerprint density at radius 1 is 1.19 bits per heavy atom. The van der Waals surface area contributed by atoms with Crippen molar-refractivity contribution in [1.29, 1.82) is 0 Å². The van der Waals surface area contributed by atoms with Gasteiger partial charge >= 0.3 is 0 Å². The van der Waals surface area contributed by atoms with E-state index in [2.05, 4.69) is 33.6 Å². The van der Waals surface area contributed by atoms with Gasteiger partial charge in [-0.3, -0.25) is 0 Å². The number of aromatic nitrogens is 1. The number of benzene rings is 1. The molecule has 0 aliphatic rings. The molecule has 2 heterocycles. The number of aliphatic imine (C=N–C) groups is 1. The second-order valence-corrected chi connectivity index (χ2v) is 6.96. The van der Waals surface area contributed by atoms with Gasteiger partial charge in [-0.2, -0.15) is 0 Å². The van der Waals surface area contributed by atoms with Gasteiger partial charge in [-0.25, -0.2) is 9.98 Å². The smallest absolute Gasteiger partial charge is 0.191 e. The highest BCUT2D eigenvalue weighted by Gasteiger charge is 2.10. The number of thiazole rings is 1. The average molecular weight is 387 g/mol. The lowest BCUT2D eigenvalue weighted by Crippen LogP contribution is -2.38. The van der Waals surface area contributed by atoms with Crippen molar-refractivity contribution in [3.05, 3.63) is 42.2 Å². The number of rotatable bonds is 9. The zero-order valence-corrected chi connectivity index (χ0v) is 16.6. The number of furan rings is 1. The van der Waals surface area contributed by atoms with Crippen LogP contribution < -0.4 is 10.6 Å². The van der Waals surface area contributed by atoms with E-state index in [4.69, 9.17) is 9.15 Å². The normalized spacial score (nSPS) is 11.9. The van der Waals surface area contributed by atoms with Crippen LogP contribution in [0.1, 0.15) is 26.0 Å². The van der Waals surface area contributed by atoms with Gasteiger partial charge in [0.2, 0.25) is 0 Å². The molecule has 0 atom stereocenters. The van der Waals surface area contributed by atoms with Gasteiger partial charge in [-0.05, 0) is 44.5 Å². The van der Waals surface area contributed by atoms with Gasteiger partial charge in [0.15, 0.2) is 16.7 Å². The third-order valence-corrected chi connectivity index (χ3v) is 4.92. The van der Waals surface area contributed by atoms with Crippen molar-refractivity contribution in [1.82, 2.24) is 15.6 Å². The van der Waals surface area contributed by atoms with Gasteiger partial charge in [0.05, 0.1) is 10.2 Å². The van der Waals surface area contributed by atoms with E-state index in [1.165, 1.54) is 0 Å². The third kappa shape index (κ3) is 5.55. The Bertz CT molecular complexity index is 839. The van der Waals surface area contributed by atoms with Crippen LogP contribution in [0.3, 0.4) is 0 Å². The summed E-state index contributed by atoms with van der Waals surface area (Å²) in [6.07, 6.45) is 0.945. The molecule has 2 aromatic heterocycles. The molecule has 0 fully saturated rings. The molecule has 27 heavy (non-hydrogen) atoms. The predicted octanol–water partition coefficient (Wildman–Crippen LogP) is 4.04. The summed E-state index contributed by atoms with van der Waals surface area (Å²) >= 11 is 1.64. The number of ether oxygens (including phenoxy) is 1. The van der Waals surface area contributed by atoms with E-state index in [1.54, 1.807) is 11.3 Å². The fourth-order valence-corrected chi connectivity index (χ4v) is 3.51. The molecule has 0 bridgehead atoms. The zero-order chi connectivity index (χ0) is 18.9. The Hall–Kier alpha value is -2.38. The molecule has 0 aliphatic carbocycles. The van der Waals surface area contributed by atoms with E-state index in [0.29, 0.717) is 6.54 Å². The summed E-state index contributed by atoms with van der Waals surface area (Å²) < 4.78 is 12.5. The van der Waals surface area contributed by atoms with Gasteiger partial charge in [0, 0.05) is 26.3 Å². The number of fused-ring (bicyclic) bond motifs is 1. The summed E-state index contributed by atoms with van der Waals surface area (Å²) in [5.74, 6) is 2.39. The van der Waals surface area contributed by atoms with Gasteiger partial charge in [-0.15, -0.1) is 11.3 Å². The Balaban J connectivity index is 1.60. The predicted molar refractivity (Wildman–Crippen MR) is 111 cm³/mol. The molecule has 0 aliphatic heterocycles. The minimum atomic E-state index is 0.478. The second-order valence-electron chi connectivity index (χ2n) is 5.93. The summed E-state index contributed by atoms with van der Waals surface area (Å²) in [6.45, 7) is 7.68. The quantitative estimate of drug-likeness (QED) is 0.330. The van der Waals surface area contributed by atoms with Crippen molar-refractivity contribution in [2.24, 2.45) is 4.99 Å². The molecule has 2 N–H and O–H groups in total. The maximum absolute atomic E-state index is 5.95. The number of hydrogen-bond donors (Lipinski definition) is 2. The SMILES string of the molecule is CCNC(=NCc1ccc(-c2nc3ccccc3s2)o1)NCCCOCC. The van der Waals surface area contributed by atoms with E-state index in [1.807, 2.05) is 37.3 Å². The topological polar surface area (TPSA) is 71.7 Å². The first-order valence-corrected chi connectivity index (χ1v) is 10.2. The first kappa shape index (κ1) is 19.4. The van der Waals surface area contributed by atoms with Crippen LogP contribution in [0.2, 0.25) is 0 Å². The van der Waals surface area contributed by atoms with Crippen molar-refractivity contribution in [3.8, 4) is 10.8 Å². The lowest BCUT2D eigenvalue weighted by atomic mass is 10.3. The molecule has 0 spiro atoms. The van der Waals surface area contributed by atoms with Gasteiger partial charge in [0.1, 0.15) is 12.3 Å². The molecule has 3 rings (SSSR count). The highest BCUT2D eigenvalue weighted by molar-refractivity contribution is 7.21. The summed E-state index contributed by atoms with van der Waals surface area (Å²) in [6, 6.07) is 12.0. The lowest BCUT2D eigenvalue weighted by Gasteiger charge is -2.10. The van der Waals surface area contributed by atoms with Crippen molar-refractivity contribution in [2.75, 3.05) is 26.3 Å². The van der Waals surface area contributed by atoms with Crippen LogP contribution >= 0.6 is 11.3 Å². The summed E-state index contributed by atoms with van der Waals surface area (Å²) in [7, 11) is 0. The van der Waals surface area contributed by atoms with E-state index in [9.17, 15) is 0 Å². The monoisotopic (exact) mass is 386 g/mol. The summed E-state index contributed by atoms with van der Waals surface area (Å²) in [4.78, 5) is 9.23. The lowest BCUT2D eigenvalue weighted by molar-refractivity contribution is 0.145. The molecule has 0 radical (unpaired) electrons. The van der Waals surface area contributed by atoms with Gasteiger partial charge in [-0.1, -0.05) is 12.1 Å². The second kappa shape index (κ2) is 10.1. The van der Waals surface area contributed by atoms with Crippen molar-refractivity contribution < 1.29 is 9.15 Å². The Morgan fingerprint density at radius 3 is 2.89 bits per heavy atom. The summed E-state index contributed by atoms with van der Waals surface area (Å²) in [5, 5.41) is 7.45. The van der Waals surface area contributed by atoms with Crippen LogP contribution in [0.5, 0.6) is 0 Å². The fraction of sp³-hybridized carbons (Fsp3) is 0.400. The van der Waals surface area contributed by atoms with Crippen LogP contribution in [-0.4, -0.2) is 37.2 Å². The first-order valence-electron chi connectivity index (χ1n) is 9.34. The van der Waals surface area contributed by atoms with Crippen LogP contribution in [0.25, 0.3) is 21.0 Å². The van der Waals surface area contributed by atoms with E-state index >= 15 is 0 Å². The number of para-hydroxylation sites is 1. The van der Waals surface area contributed by atoms with E-state index in [-0.39, 0.29) is 0 Å². The number of nitrogens with one attached hydrogen (secondary N) is 2. The zero-order valence-electron chi connectivity index (χ0n) is 15.8. The molecule has 0 unspecified atom stereocenters. The third-order valence-electron chi connectivity index (χ3n) is 3.87. The first-order chi connectivity index (χ1) is 13.3. The fourth-order valence-electron chi connectivity index (χ4n) is 2.58. The molecule has 7 heteroatoms. The standard InChI is InChI=1S/C20H26N4O2S/c1-3-21-20(22-12-7-13-25-4-2)23-14-15-10-11-17(26-15)19-24-16-8-5-6-9-18(16)27-19/h5-6,8-11H,3-4,7,12-14H2,1-2H3,(H2,21,22,23). The van der Waals surface area contributed by atoms with Crippen LogP contribution in [0.4, 0.5) is 0 Å². The molecule has 0 saturated heterocycles. The Morgan fingerprint density at radius 2 is 2.07 bits per heavy atom. The molecule has 1 aromatic carbocycles. The number of nitrogens with zero attached hydrogens (tertiary/aromatic N) is 2. The molecular weight excluding hydrogens is 360 g/mol. The Labute approximate surface area is 163 Å². The maximum atomic E-state index is 5.95. The van der Waals surface area contributed by atoms with Gasteiger partial charge in [0.25, 0.3) is 0 Å². The van der Waals surface area contributed by atoms with Crippen molar-refractivity contribution in [3.63, 3.8) is 0 Å². The van der Waals surface area contributed by atoms with Crippen molar-refractivity contribution in [2.45, 2.75) is 26.8 Å². The average Bonchev–Trinajstić information content (AvgIpc) is 3.32. The Kier molecular flexibility index (Phi) is 7.24. The van der Waals surface area contributed by atoms with Crippen LogP contribution in [0.15, 0.2) is 45.8 Å². The van der Waals surface area contributed by atoms with Crippen LogP contribution in [-0.2, 0) is 11.3 Å². The highest BCUT2D eigenvalue weighted by Crippen LogP contribution is 2.31. The molecule has 0 amide bonds.